The van der Waals surface area contributed by atoms with E-state index in [0.29, 0.717) is 16.6 Å². The van der Waals surface area contributed by atoms with E-state index in [1.807, 2.05) is 12.1 Å². The first kappa shape index (κ1) is 15.7. The van der Waals surface area contributed by atoms with Gasteiger partial charge in [0.25, 0.3) is 0 Å². The molecule has 0 aliphatic heterocycles. The summed E-state index contributed by atoms with van der Waals surface area (Å²) in [6.07, 6.45) is 5.46. The Balaban J connectivity index is 2.31. The van der Waals surface area contributed by atoms with Crippen LogP contribution in [0, 0.1) is 0 Å². The van der Waals surface area contributed by atoms with E-state index >= 15 is 0 Å². The fraction of sp³-hybridized carbons (Fsp3) is 0.438. The Hall–Kier alpha value is -1.68. The van der Waals surface area contributed by atoms with E-state index in [9.17, 15) is 0 Å². The summed E-state index contributed by atoms with van der Waals surface area (Å²) in [5.74, 6) is 1.88. The highest BCUT2D eigenvalue weighted by molar-refractivity contribution is 6.31. The van der Waals surface area contributed by atoms with Crippen LogP contribution in [0.4, 0.5) is 5.82 Å². The van der Waals surface area contributed by atoms with Crippen LogP contribution in [0.1, 0.15) is 38.4 Å². The number of methoxy groups -OCH3 is 1. The lowest BCUT2D eigenvalue weighted by Gasteiger charge is -2.09. The first-order valence-electron chi connectivity index (χ1n) is 7.25. The van der Waals surface area contributed by atoms with Gasteiger partial charge in [0.1, 0.15) is 11.5 Å². The Kier molecular flexibility index (Phi) is 5.51. The maximum atomic E-state index is 6.09. The molecule has 0 saturated heterocycles. The zero-order chi connectivity index (χ0) is 15.2. The molecule has 0 unspecified atom stereocenters. The summed E-state index contributed by atoms with van der Waals surface area (Å²) >= 11 is 6.09. The summed E-state index contributed by atoms with van der Waals surface area (Å²) in [5, 5.41) is 4.53. The largest absolute Gasteiger partial charge is 0.496 e. The summed E-state index contributed by atoms with van der Waals surface area (Å²) in [7, 11) is 1.62. The first-order valence-corrected chi connectivity index (χ1v) is 7.63. The van der Waals surface area contributed by atoms with Gasteiger partial charge in [0.2, 0.25) is 0 Å². The predicted octanol–water partition coefficient (Wildman–Crippen LogP) is 4.71. The Labute approximate surface area is 130 Å². The van der Waals surface area contributed by atoms with Crippen LogP contribution in [0.3, 0.4) is 0 Å². The molecule has 0 radical (unpaired) electrons. The molecule has 0 aliphatic carbocycles. The highest BCUT2D eigenvalue weighted by Crippen LogP contribution is 2.38. The molecule has 1 aromatic carbocycles. The number of hydrogen-bond acceptors (Lipinski definition) is 4. The number of nitrogens with two attached hydrogens (primary N) is 1. The van der Waals surface area contributed by atoms with Crippen molar-refractivity contribution in [3.05, 3.63) is 29.0 Å². The van der Waals surface area contributed by atoms with Gasteiger partial charge in [0.05, 0.1) is 12.7 Å². The molecular formula is C16H21ClN2O2. The Morgan fingerprint density at radius 1 is 1.29 bits per heavy atom. The summed E-state index contributed by atoms with van der Waals surface area (Å²) in [6, 6.07) is 5.44. The second-order valence-electron chi connectivity index (χ2n) is 5.02. The molecule has 4 nitrogen and oxygen atoms in total. The predicted molar refractivity (Wildman–Crippen MR) is 85.8 cm³/mol. The van der Waals surface area contributed by atoms with E-state index in [2.05, 4.69) is 12.1 Å². The van der Waals surface area contributed by atoms with Crippen LogP contribution < -0.4 is 10.5 Å². The van der Waals surface area contributed by atoms with Crippen molar-refractivity contribution in [2.45, 2.75) is 39.0 Å². The number of hydrogen-bond donors (Lipinski definition) is 1. The Bertz CT molecular complexity index is 596. The normalized spacial score (nSPS) is 10.8. The van der Waals surface area contributed by atoms with Gasteiger partial charge in [-0.1, -0.05) is 42.9 Å². The standard InChI is InChI=1S/C16H21ClN2O2/c1-3-4-5-6-7-14-15(16(18)19-21-14)12-10-11(17)8-9-13(12)20-2/h8-10H,3-7H2,1-2H3,(H2,18,19). The molecule has 0 atom stereocenters. The summed E-state index contributed by atoms with van der Waals surface area (Å²) in [4.78, 5) is 0. The molecule has 114 valence electrons. The van der Waals surface area contributed by atoms with Crippen molar-refractivity contribution in [3.63, 3.8) is 0 Å². The number of benzene rings is 1. The number of nitrogens with zero attached hydrogens (tertiary/aromatic N) is 1. The molecule has 0 aliphatic rings. The molecule has 2 aromatic rings. The number of rotatable bonds is 7. The number of halogens is 1. The monoisotopic (exact) mass is 308 g/mol. The Morgan fingerprint density at radius 2 is 2.10 bits per heavy atom. The third-order valence-corrected chi connectivity index (χ3v) is 3.71. The average Bonchev–Trinajstić information content (AvgIpc) is 2.84. The molecule has 0 bridgehead atoms. The number of ether oxygens (including phenoxy) is 1. The van der Waals surface area contributed by atoms with Crippen LogP contribution in [-0.4, -0.2) is 12.3 Å². The van der Waals surface area contributed by atoms with Crippen LogP contribution in [-0.2, 0) is 6.42 Å². The maximum Gasteiger partial charge on any atom is 0.175 e. The SMILES string of the molecule is CCCCCCc1onc(N)c1-c1cc(Cl)ccc1OC. The zero-order valence-electron chi connectivity index (χ0n) is 12.5. The van der Waals surface area contributed by atoms with Crippen molar-refractivity contribution >= 4 is 17.4 Å². The van der Waals surface area contributed by atoms with E-state index in [-0.39, 0.29) is 0 Å². The lowest BCUT2D eigenvalue weighted by molar-refractivity contribution is 0.381. The van der Waals surface area contributed by atoms with Gasteiger partial charge in [0.15, 0.2) is 5.82 Å². The average molecular weight is 309 g/mol. The van der Waals surface area contributed by atoms with E-state index < -0.39 is 0 Å². The molecule has 21 heavy (non-hydrogen) atoms. The maximum absolute atomic E-state index is 6.09. The van der Waals surface area contributed by atoms with E-state index in [1.165, 1.54) is 19.3 Å². The third-order valence-electron chi connectivity index (χ3n) is 3.48. The van der Waals surface area contributed by atoms with Crippen LogP contribution in [0.15, 0.2) is 22.7 Å². The smallest absolute Gasteiger partial charge is 0.175 e. The molecule has 2 rings (SSSR count). The number of anilines is 1. The van der Waals surface area contributed by atoms with Gasteiger partial charge in [-0.25, -0.2) is 0 Å². The molecule has 0 amide bonds. The molecule has 0 fully saturated rings. The van der Waals surface area contributed by atoms with Gasteiger partial charge in [-0.05, 0) is 24.6 Å². The lowest BCUT2D eigenvalue weighted by Crippen LogP contribution is -1.94. The fourth-order valence-corrected chi connectivity index (χ4v) is 2.56. The molecule has 0 spiro atoms. The van der Waals surface area contributed by atoms with Gasteiger partial charge in [-0.2, -0.15) is 0 Å². The Morgan fingerprint density at radius 3 is 2.81 bits per heavy atom. The molecule has 1 aromatic heterocycles. The quantitative estimate of drug-likeness (QED) is 0.752. The van der Waals surface area contributed by atoms with Gasteiger partial charge in [0, 0.05) is 17.0 Å². The highest BCUT2D eigenvalue weighted by Gasteiger charge is 2.19. The molecule has 0 saturated carbocycles. The van der Waals surface area contributed by atoms with Gasteiger partial charge in [-0.3, -0.25) is 0 Å². The minimum atomic E-state index is 0.376. The minimum Gasteiger partial charge on any atom is -0.496 e. The number of aromatic nitrogens is 1. The van der Waals surface area contributed by atoms with Crippen LogP contribution in [0.25, 0.3) is 11.1 Å². The number of aryl methyl sites for hydroxylation is 1. The molecule has 1 heterocycles. The summed E-state index contributed by atoms with van der Waals surface area (Å²) in [6.45, 7) is 2.19. The van der Waals surface area contributed by atoms with Crippen LogP contribution in [0.2, 0.25) is 5.02 Å². The van der Waals surface area contributed by atoms with Crippen molar-refractivity contribution in [3.8, 4) is 16.9 Å². The summed E-state index contributed by atoms with van der Waals surface area (Å²) < 4.78 is 10.8. The van der Waals surface area contributed by atoms with Crippen molar-refractivity contribution < 1.29 is 9.26 Å². The third kappa shape index (κ3) is 3.70. The molecule has 2 N–H and O–H groups in total. The van der Waals surface area contributed by atoms with Gasteiger partial charge in [-0.15, -0.1) is 0 Å². The van der Waals surface area contributed by atoms with E-state index in [0.717, 1.165) is 29.7 Å². The van der Waals surface area contributed by atoms with Crippen molar-refractivity contribution in [1.82, 2.24) is 5.16 Å². The van der Waals surface area contributed by atoms with Crippen LogP contribution in [0.5, 0.6) is 5.75 Å². The van der Waals surface area contributed by atoms with Crippen molar-refractivity contribution in [2.75, 3.05) is 12.8 Å². The second kappa shape index (κ2) is 7.36. The molecular weight excluding hydrogens is 288 g/mol. The van der Waals surface area contributed by atoms with Crippen molar-refractivity contribution in [2.24, 2.45) is 0 Å². The zero-order valence-corrected chi connectivity index (χ0v) is 13.2. The van der Waals surface area contributed by atoms with Crippen molar-refractivity contribution in [1.29, 1.82) is 0 Å². The number of unbranched alkanes of at least 4 members (excludes halogenated alkanes) is 3. The van der Waals surface area contributed by atoms with Gasteiger partial charge >= 0.3 is 0 Å². The van der Waals surface area contributed by atoms with Crippen LogP contribution >= 0.6 is 11.6 Å². The van der Waals surface area contributed by atoms with E-state index in [1.54, 1.807) is 13.2 Å². The first-order chi connectivity index (χ1) is 10.2. The topological polar surface area (TPSA) is 61.3 Å². The molecule has 5 heteroatoms. The number of nitrogen functional groups attached to an aromatic ring is 1. The second-order valence-corrected chi connectivity index (χ2v) is 5.46. The summed E-state index contributed by atoms with van der Waals surface area (Å²) in [5.41, 5.74) is 7.60. The van der Waals surface area contributed by atoms with E-state index in [4.69, 9.17) is 26.6 Å². The minimum absolute atomic E-state index is 0.376. The van der Waals surface area contributed by atoms with Gasteiger partial charge < -0.3 is 15.0 Å². The fourth-order valence-electron chi connectivity index (χ4n) is 2.39. The highest BCUT2D eigenvalue weighted by atomic mass is 35.5. The lowest BCUT2D eigenvalue weighted by atomic mass is 10.0.